The molecule has 0 saturated carbocycles. The Morgan fingerprint density at radius 2 is 1.52 bits per heavy atom. The van der Waals surface area contributed by atoms with Crippen molar-refractivity contribution < 1.29 is 22.7 Å². The number of halogens is 2. The van der Waals surface area contributed by atoms with E-state index in [2.05, 4.69) is 5.32 Å². The zero-order chi connectivity index (χ0) is 29.4. The molecule has 0 heterocycles. The molecule has 3 rings (SSSR count). The second-order valence-electron chi connectivity index (χ2n) is 9.64. The number of nitrogens with zero attached hydrogens (tertiary/aromatic N) is 2. The molecule has 11 heteroatoms. The number of amides is 2. The van der Waals surface area contributed by atoms with Crippen molar-refractivity contribution in [3.05, 3.63) is 88.4 Å². The number of carbonyl (C=O) groups excluding carboxylic acids is 2. The molecule has 0 spiro atoms. The van der Waals surface area contributed by atoms with E-state index >= 15 is 0 Å². The molecule has 1 unspecified atom stereocenters. The van der Waals surface area contributed by atoms with Gasteiger partial charge in [-0.25, -0.2) is 8.42 Å². The number of methoxy groups -OCH3 is 1. The topological polar surface area (TPSA) is 96.0 Å². The van der Waals surface area contributed by atoms with Gasteiger partial charge in [0.2, 0.25) is 11.8 Å². The highest BCUT2D eigenvalue weighted by Gasteiger charge is 2.32. The number of sulfonamides is 1. The van der Waals surface area contributed by atoms with Crippen molar-refractivity contribution in [1.29, 1.82) is 0 Å². The first kappa shape index (κ1) is 31.3. The van der Waals surface area contributed by atoms with Gasteiger partial charge < -0.3 is 15.0 Å². The van der Waals surface area contributed by atoms with Crippen LogP contribution in [0.3, 0.4) is 0 Å². The first-order valence-electron chi connectivity index (χ1n) is 12.7. The van der Waals surface area contributed by atoms with Gasteiger partial charge >= 0.3 is 0 Å². The zero-order valence-corrected chi connectivity index (χ0v) is 25.1. The molecule has 0 aliphatic carbocycles. The SMILES string of the molecule is COc1ccc(CN(C(=O)CN(c2cc(Cl)cc(Cl)c2)S(=O)(=O)c2ccccc2)C(C)C(=O)NCC(C)C)cc1. The Balaban J connectivity index is 2.02. The van der Waals surface area contributed by atoms with Crippen molar-refractivity contribution >= 4 is 50.7 Å². The fraction of sp³-hybridized carbons (Fsp3) is 0.310. The van der Waals surface area contributed by atoms with E-state index < -0.39 is 28.5 Å². The molecular weight excluding hydrogens is 573 g/mol. The van der Waals surface area contributed by atoms with E-state index in [1.807, 2.05) is 13.8 Å². The van der Waals surface area contributed by atoms with Crippen LogP contribution in [0, 0.1) is 5.92 Å². The summed E-state index contributed by atoms with van der Waals surface area (Å²) in [6.07, 6.45) is 0. The molecule has 0 saturated heterocycles. The van der Waals surface area contributed by atoms with E-state index in [9.17, 15) is 18.0 Å². The van der Waals surface area contributed by atoms with Gasteiger partial charge in [-0.05, 0) is 60.9 Å². The third-order valence-electron chi connectivity index (χ3n) is 6.11. The van der Waals surface area contributed by atoms with E-state index in [1.165, 1.54) is 35.2 Å². The summed E-state index contributed by atoms with van der Waals surface area (Å²) in [5.41, 5.74) is 0.858. The summed E-state index contributed by atoms with van der Waals surface area (Å²) in [7, 11) is -2.66. The van der Waals surface area contributed by atoms with Crippen molar-refractivity contribution in [2.45, 2.75) is 38.3 Å². The minimum atomic E-state index is -4.21. The molecule has 40 heavy (non-hydrogen) atoms. The van der Waals surface area contributed by atoms with Crippen LogP contribution < -0.4 is 14.4 Å². The molecule has 0 aliphatic rings. The molecule has 2 amide bonds. The maximum absolute atomic E-state index is 13.9. The standard InChI is InChI=1S/C29H33Cl2N3O5S/c1-20(2)17-32-29(36)21(3)33(18-22-10-12-26(39-4)13-11-22)28(35)19-34(25-15-23(30)14-24(31)16-25)40(37,38)27-8-6-5-7-9-27/h5-16,20-21H,17-19H2,1-4H3,(H,32,36). The second kappa shape index (κ2) is 13.9. The summed E-state index contributed by atoms with van der Waals surface area (Å²) >= 11 is 12.4. The van der Waals surface area contributed by atoms with Gasteiger partial charge in [-0.3, -0.25) is 13.9 Å². The number of nitrogens with one attached hydrogen (secondary N) is 1. The summed E-state index contributed by atoms with van der Waals surface area (Å²) < 4.78 is 33.8. The summed E-state index contributed by atoms with van der Waals surface area (Å²) in [5, 5.41) is 3.27. The van der Waals surface area contributed by atoms with Gasteiger partial charge in [-0.2, -0.15) is 0 Å². The molecular formula is C29H33Cl2N3O5S. The fourth-order valence-corrected chi connectivity index (χ4v) is 5.83. The van der Waals surface area contributed by atoms with E-state index in [0.717, 1.165) is 9.87 Å². The van der Waals surface area contributed by atoms with Crippen LogP contribution in [0.5, 0.6) is 5.75 Å². The van der Waals surface area contributed by atoms with Gasteiger partial charge in [0, 0.05) is 23.1 Å². The van der Waals surface area contributed by atoms with Crippen molar-refractivity contribution in [1.82, 2.24) is 10.2 Å². The number of hydrogen-bond donors (Lipinski definition) is 1. The molecule has 0 bridgehead atoms. The highest BCUT2D eigenvalue weighted by Crippen LogP contribution is 2.30. The van der Waals surface area contributed by atoms with Gasteiger partial charge in [-0.1, -0.05) is 67.4 Å². The van der Waals surface area contributed by atoms with Crippen LogP contribution in [-0.2, 0) is 26.2 Å². The van der Waals surface area contributed by atoms with Gasteiger partial charge in [0.25, 0.3) is 10.0 Å². The van der Waals surface area contributed by atoms with E-state index in [-0.39, 0.29) is 39.0 Å². The number of rotatable bonds is 12. The highest BCUT2D eigenvalue weighted by atomic mass is 35.5. The third kappa shape index (κ3) is 8.13. The summed E-state index contributed by atoms with van der Waals surface area (Å²) in [5.74, 6) is -0.0827. The van der Waals surface area contributed by atoms with Gasteiger partial charge in [0.05, 0.1) is 17.7 Å². The summed E-state index contributed by atoms with van der Waals surface area (Å²) in [4.78, 5) is 28.3. The highest BCUT2D eigenvalue weighted by molar-refractivity contribution is 7.92. The summed E-state index contributed by atoms with van der Waals surface area (Å²) in [6, 6.07) is 18.3. The summed E-state index contributed by atoms with van der Waals surface area (Å²) in [6.45, 7) is 5.45. The number of ether oxygens (including phenoxy) is 1. The number of carbonyl (C=O) groups is 2. The Hall–Kier alpha value is -3.27. The largest absolute Gasteiger partial charge is 0.497 e. The van der Waals surface area contributed by atoms with Crippen LogP contribution in [0.4, 0.5) is 5.69 Å². The predicted octanol–water partition coefficient (Wildman–Crippen LogP) is 5.39. The van der Waals surface area contributed by atoms with E-state index in [1.54, 1.807) is 56.5 Å². The molecule has 0 aromatic heterocycles. The average molecular weight is 607 g/mol. The lowest BCUT2D eigenvalue weighted by Crippen LogP contribution is -2.51. The Morgan fingerprint density at radius 3 is 2.08 bits per heavy atom. The number of anilines is 1. The van der Waals surface area contributed by atoms with Crippen LogP contribution in [0.15, 0.2) is 77.7 Å². The van der Waals surface area contributed by atoms with Crippen molar-refractivity contribution in [3.8, 4) is 5.75 Å². The van der Waals surface area contributed by atoms with Crippen LogP contribution in [0.2, 0.25) is 10.0 Å². The lowest BCUT2D eigenvalue weighted by molar-refractivity contribution is -0.139. The van der Waals surface area contributed by atoms with Crippen LogP contribution in [-0.4, -0.2) is 51.4 Å². The quantitative estimate of drug-likeness (QED) is 0.299. The minimum absolute atomic E-state index is 0.0108. The maximum atomic E-state index is 13.9. The maximum Gasteiger partial charge on any atom is 0.264 e. The molecule has 3 aromatic carbocycles. The molecule has 214 valence electrons. The first-order chi connectivity index (χ1) is 18.9. The fourth-order valence-electron chi connectivity index (χ4n) is 3.89. The van der Waals surface area contributed by atoms with Crippen molar-refractivity contribution in [3.63, 3.8) is 0 Å². The molecule has 0 radical (unpaired) electrons. The Kier molecular flexibility index (Phi) is 10.8. The van der Waals surface area contributed by atoms with Gasteiger partial charge in [0.15, 0.2) is 0 Å². The number of hydrogen-bond acceptors (Lipinski definition) is 5. The lowest BCUT2D eigenvalue weighted by atomic mass is 10.1. The second-order valence-corrected chi connectivity index (χ2v) is 12.4. The smallest absolute Gasteiger partial charge is 0.264 e. The minimum Gasteiger partial charge on any atom is -0.497 e. The van der Waals surface area contributed by atoms with Crippen LogP contribution in [0.25, 0.3) is 0 Å². The third-order valence-corrected chi connectivity index (χ3v) is 8.33. The lowest BCUT2D eigenvalue weighted by Gasteiger charge is -2.32. The normalized spacial score (nSPS) is 12.1. The zero-order valence-electron chi connectivity index (χ0n) is 22.8. The van der Waals surface area contributed by atoms with Gasteiger partial charge in [0.1, 0.15) is 18.3 Å². The number of benzene rings is 3. The van der Waals surface area contributed by atoms with E-state index in [0.29, 0.717) is 12.3 Å². The van der Waals surface area contributed by atoms with Crippen LogP contribution >= 0.6 is 23.2 Å². The molecule has 0 aliphatic heterocycles. The van der Waals surface area contributed by atoms with Crippen molar-refractivity contribution in [2.24, 2.45) is 5.92 Å². The Bertz CT molecular complexity index is 1400. The average Bonchev–Trinajstić information content (AvgIpc) is 2.92. The molecule has 8 nitrogen and oxygen atoms in total. The van der Waals surface area contributed by atoms with Crippen LogP contribution in [0.1, 0.15) is 26.3 Å². The molecule has 1 N–H and O–H groups in total. The predicted molar refractivity (Wildman–Crippen MR) is 158 cm³/mol. The first-order valence-corrected chi connectivity index (χ1v) is 14.9. The van der Waals surface area contributed by atoms with Gasteiger partial charge in [-0.15, -0.1) is 0 Å². The molecule has 1 atom stereocenters. The van der Waals surface area contributed by atoms with Crippen molar-refractivity contribution in [2.75, 3.05) is 24.5 Å². The molecule has 3 aromatic rings. The van der Waals surface area contributed by atoms with E-state index in [4.69, 9.17) is 27.9 Å². The Morgan fingerprint density at radius 1 is 0.925 bits per heavy atom. The molecule has 0 fully saturated rings. The Labute approximate surface area is 245 Å². The monoisotopic (exact) mass is 605 g/mol.